The van der Waals surface area contributed by atoms with E-state index in [9.17, 15) is 18.0 Å². The number of rotatable bonds is 4. The summed E-state index contributed by atoms with van der Waals surface area (Å²) in [5.74, 6) is 0.0646. The van der Waals surface area contributed by atoms with Crippen LogP contribution in [0.1, 0.15) is 16.9 Å². The number of carbonyl (C=O) groups excluding carboxylic acids is 1. The molecule has 1 N–H and O–H groups in total. The highest BCUT2D eigenvalue weighted by molar-refractivity contribution is 7.80. The van der Waals surface area contributed by atoms with Crippen LogP contribution in [0.2, 0.25) is 0 Å². The molecular weight excluding hydrogens is 255 g/mol. The maximum absolute atomic E-state index is 12.6. The first-order valence-corrected chi connectivity index (χ1v) is 5.51. The summed E-state index contributed by atoms with van der Waals surface area (Å²) in [7, 11) is 0. The van der Waals surface area contributed by atoms with Gasteiger partial charge in [-0.1, -0.05) is 0 Å². The molecule has 96 valence electrons. The number of alkyl halides is 3. The molecule has 0 radical (unpaired) electrons. The van der Waals surface area contributed by atoms with Crippen molar-refractivity contribution in [2.45, 2.75) is 19.5 Å². The van der Waals surface area contributed by atoms with Crippen LogP contribution in [-0.4, -0.2) is 18.2 Å². The maximum Gasteiger partial charge on any atom is 0.419 e. The van der Waals surface area contributed by atoms with Gasteiger partial charge >= 0.3 is 6.18 Å². The lowest BCUT2D eigenvalue weighted by molar-refractivity contribution is -0.138. The molecule has 0 aliphatic heterocycles. The molecule has 1 amide bonds. The van der Waals surface area contributed by atoms with Gasteiger partial charge in [0.15, 0.2) is 0 Å². The van der Waals surface area contributed by atoms with Gasteiger partial charge in [-0.15, -0.1) is 0 Å². The summed E-state index contributed by atoms with van der Waals surface area (Å²) >= 11 is 3.88. The Kier molecular flexibility index (Phi) is 4.50. The van der Waals surface area contributed by atoms with Crippen LogP contribution < -0.4 is 5.32 Å². The Balaban J connectivity index is 2.83. The van der Waals surface area contributed by atoms with Gasteiger partial charge in [-0.3, -0.25) is 4.79 Å². The summed E-state index contributed by atoms with van der Waals surface area (Å²) in [5, 5.41) is 2.45. The Morgan fingerprint density at radius 1 is 1.53 bits per heavy atom. The maximum atomic E-state index is 12.6. The van der Waals surface area contributed by atoms with E-state index in [1.54, 1.807) is 0 Å². The van der Waals surface area contributed by atoms with Gasteiger partial charge in [0, 0.05) is 17.9 Å². The number of aryl methyl sites for hydroxylation is 1. The molecule has 17 heavy (non-hydrogen) atoms. The molecule has 1 aromatic heterocycles. The molecular formula is C10H12F3NO2S. The standard InChI is InChI=1S/C10H12F3NO2S/c1-6-7(4-9(15)14-2-3-17)8(5-16-6)10(11,12)13/h5,17H,2-4H2,1H3,(H,14,15). The molecule has 0 saturated heterocycles. The lowest BCUT2D eigenvalue weighted by atomic mass is 10.1. The molecule has 3 nitrogen and oxygen atoms in total. The van der Waals surface area contributed by atoms with E-state index in [1.807, 2.05) is 0 Å². The van der Waals surface area contributed by atoms with E-state index < -0.39 is 17.6 Å². The molecule has 7 heteroatoms. The summed E-state index contributed by atoms with van der Waals surface area (Å²) < 4.78 is 42.4. The van der Waals surface area contributed by atoms with E-state index in [4.69, 9.17) is 4.42 Å². The Morgan fingerprint density at radius 2 is 2.18 bits per heavy atom. The summed E-state index contributed by atoms with van der Waals surface area (Å²) in [6.45, 7) is 1.72. The molecule has 0 spiro atoms. The van der Waals surface area contributed by atoms with Crippen molar-refractivity contribution in [3.05, 3.63) is 23.2 Å². The predicted molar refractivity (Wildman–Crippen MR) is 59.0 cm³/mol. The van der Waals surface area contributed by atoms with Crippen LogP contribution in [0, 0.1) is 6.92 Å². The van der Waals surface area contributed by atoms with Gasteiger partial charge in [0.2, 0.25) is 5.91 Å². The van der Waals surface area contributed by atoms with Crippen molar-refractivity contribution in [1.29, 1.82) is 0 Å². The number of hydrogen-bond donors (Lipinski definition) is 2. The second-order valence-corrected chi connectivity index (χ2v) is 3.88. The number of carbonyl (C=O) groups is 1. The highest BCUT2D eigenvalue weighted by Gasteiger charge is 2.36. The Bertz CT molecular complexity index is 401. The lowest BCUT2D eigenvalue weighted by Gasteiger charge is -2.07. The third kappa shape index (κ3) is 3.69. The zero-order valence-electron chi connectivity index (χ0n) is 9.10. The molecule has 0 atom stereocenters. The Hall–Kier alpha value is -1.11. The smallest absolute Gasteiger partial charge is 0.419 e. The molecule has 0 aromatic carbocycles. The average Bonchev–Trinajstić information content (AvgIpc) is 2.57. The molecule has 0 bridgehead atoms. The largest absolute Gasteiger partial charge is 0.469 e. The van der Waals surface area contributed by atoms with E-state index in [-0.39, 0.29) is 17.7 Å². The van der Waals surface area contributed by atoms with Gasteiger partial charge in [0.1, 0.15) is 12.0 Å². The fourth-order valence-corrected chi connectivity index (χ4v) is 1.47. The lowest BCUT2D eigenvalue weighted by Crippen LogP contribution is -2.27. The number of halogens is 3. The van der Waals surface area contributed by atoms with Crippen LogP contribution in [0.15, 0.2) is 10.7 Å². The van der Waals surface area contributed by atoms with Crippen LogP contribution in [-0.2, 0) is 17.4 Å². The Labute approximate surface area is 102 Å². The van der Waals surface area contributed by atoms with Crippen molar-refractivity contribution in [3.63, 3.8) is 0 Å². The second-order valence-electron chi connectivity index (χ2n) is 3.43. The first-order valence-electron chi connectivity index (χ1n) is 4.88. The third-order valence-corrected chi connectivity index (χ3v) is 2.40. The van der Waals surface area contributed by atoms with Crippen LogP contribution in [0.3, 0.4) is 0 Å². The summed E-state index contributed by atoms with van der Waals surface area (Å²) in [4.78, 5) is 11.3. The van der Waals surface area contributed by atoms with Crippen molar-refractivity contribution in [3.8, 4) is 0 Å². The Morgan fingerprint density at radius 3 is 2.71 bits per heavy atom. The molecule has 1 aromatic rings. The molecule has 0 unspecified atom stereocenters. The monoisotopic (exact) mass is 267 g/mol. The van der Waals surface area contributed by atoms with Crippen molar-refractivity contribution in [1.82, 2.24) is 5.32 Å². The van der Waals surface area contributed by atoms with E-state index in [2.05, 4.69) is 17.9 Å². The van der Waals surface area contributed by atoms with Gasteiger partial charge in [-0.25, -0.2) is 0 Å². The number of amides is 1. The van der Waals surface area contributed by atoms with Crippen molar-refractivity contribution in [2.24, 2.45) is 0 Å². The van der Waals surface area contributed by atoms with Gasteiger partial charge < -0.3 is 9.73 Å². The summed E-state index contributed by atoms with van der Waals surface area (Å²) in [6, 6.07) is 0. The predicted octanol–water partition coefficient (Wildman–Crippen LogP) is 2.20. The van der Waals surface area contributed by atoms with Gasteiger partial charge in [-0.05, 0) is 6.92 Å². The zero-order chi connectivity index (χ0) is 13.1. The average molecular weight is 267 g/mol. The van der Waals surface area contributed by atoms with E-state index in [0.29, 0.717) is 18.6 Å². The zero-order valence-corrected chi connectivity index (χ0v) is 9.99. The summed E-state index contributed by atoms with van der Waals surface area (Å²) in [6.07, 6.45) is -4.21. The van der Waals surface area contributed by atoms with Crippen LogP contribution in [0.25, 0.3) is 0 Å². The van der Waals surface area contributed by atoms with Crippen molar-refractivity contribution >= 4 is 18.5 Å². The number of hydrogen-bond acceptors (Lipinski definition) is 3. The molecule has 0 saturated carbocycles. The van der Waals surface area contributed by atoms with Crippen molar-refractivity contribution in [2.75, 3.05) is 12.3 Å². The van der Waals surface area contributed by atoms with E-state index >= 15 is 0 Å². The third-order valence-electron chi connectivity index (χ3n) is 2.18. The van der Waals surface area contributed by atoms with Crippen LogP contribution in [0.4, 0.5) is 13.2 Å². The van der Waals surface area contributed by atoms with Gasteiger partial charge in [-0.2, -0.15) is 25.8 Å². The SMILES string of the molecule is Cc1occ(C(F)(F)F)c1CC(=O)NCCS. The quantitative estimate of drug-likeness (QED) is 0.821. The second kappa shape index (κ2) is 5.48. The number of thiol groups is 1. The molecule has 1 heterocycles. The summed E-state index contributed by atoms with van der Waals surface area (Å²) in [5.41, 5.74) is -1.01. The number of furan rings is 1. The van der Waals surface area contributed by atoms with Crippen LogP contribution >= 0.6 is 12.6 Å². The fourth-order valence-electron chi connectivity index (χ4n) is 1.36. The molecule has 0 fully saturated rings. The van der Waals surface area contributed by atoms with Crippen LogP contribution in [0.5, 0.6) is 0 Å². The normalized spacial score (nSPS) is 11.6. The van der Waals surface area contributed by atoms with Gasteiger partial charge in [0.05, 0.1) is 12.0 Å². The minimum atomic E-state index is -4.50. The number of nitrogens with one attached hydrogen (secondary N) is 1. The minimum Gasteiger partial charge on any atom is -0.469 e. The first-order chi connectivity index (χ1) is 7.86. The molecule has 0 aliphatic rings. The van der Waals surface area contributed by atoms with Crippen molar-refractivity contribution < 1.29 is 22.4 Å². The fraction of sp³-hybridized carbons (Fsp3) is 0.500. The highest BCUT2D eigenvalue weighted by atomic mass is 32.1. The van der Waals surface area contributed by atoms with Gasteiger partial charge in [0.25, 0.3) is 0 Å². The van der Waals surface area contributed by atoms with E-state index in [1.165, 1.54) is 6.92 Å². The molecule has 1 rings (SSSR count). The first kappa shape index (κ1) is 14.0. The topological polar surface area (TPSA) is 42.2 Å². The minimum absolute atomic E-state index is 0.110. The highest BCUT2D eigenvalue weighted by Crippen LogP contribution is 2.34. The van der Waals surface area contributed by atoms with E-state index in [0.717, 1.165) is 0 Å². The molecule has 0 aliphatic carbocycles.